The van der Waals surface area contributed by atoms with Gasteiger partial charge < -0.3 is 54.4 Å². The lowest BCUT2D eigenvalue weighted by Gasteiger charge is -2.40. The molecule has 1 saturated heterocycles. The van der Waals surface area contributed by atoms with Crippen molar-refractivity contribution >= 4 is 46.9 Å². The van der Waals surface area contributed by atoms with Crippen molar-refractivity contribution in [2.45, 2.75) is 62.0 Å². The number of aliphatic hydroxyl groups excluding tert-OH is 5. The highest BCUT2D eigenvalue weighted by Crippen LogP contribution is 2.50. The highest BCUT2D eigenvalue weighted by molar-refractivity contribution is 6.66. The second-order valence-corrected chi connectivity index (χ2v) is 14.8. The van der Waals surface area contributed by atoms with E-state index in [2.05, 4.69) is 15.0 Å². The fourth-order valence-corrected chi connectivity index (χ4v) is 8.33. The summed E-state index contributed by atoms with van der Waals surface area (Å²) in [5, 5.41) is 75.1. The first-order chi connectivity index (χ1) is 28.5. The molecular formula is C41H41N5O13. The molecule has 0 saturated carbocycles. The molecule has 3 aromatic rings. The molecule has 1 fully saturated rings. The summed E-state index contributed by atoms with van der Waals surface area (Å²) in [6.45, 7) is -1.09. The van der Waals surface area contributed by atoms with E-state index in [4.69, 9.17) is 24.4 Å². The minimum absolute atomic E-state index is 0.00408. The van der Waals surface area contributed by atoms with Gasteiger partial charge in [0.25, 0.3) is 5.84 Å². The van der Waals surface area contributed by atoms with Crippen LogP contribution >= 0.6 is 0 Å². The van der Waals surface area contributed by atoms with E-state index < -0.39 is 78.7 Å². The Hall–Kier alpha value is -5.57. The van der Waals surface area contributed by atoms with Crippen LogP contribution in [0.4, 0.5) is 5.69 Å². The number of aliphatic imine (C=N–C) groups is 3. The van der Waals surface area contributed by atoms with Gasteiger partial charge in [0.2, 0.25) is 12.2 Å². The number of nitrogens with one attached hydrogen (secondary N) is 2. The van der Waals surface area contributed by atoms with Gasteiger partial charge in [-0.15, -0.1) is 0 Å². The van der Waals surface area contributed by atoms with Crippen LogP contribution in [0.3, 0.4) is 0 Å². The maximum Gasteiger partial charge on any atom is 0.262 e. The number of benzene rings is 3. The number of aldehydes is 1. The number of quaternary nitrogens is 1. The third-order valence-electron chi connectivity index (χ3n) is 11.2. The predicted molar refractivity (Wildman–Crippen MR) is 204 cm³/mol. The molecule has 0 aromatic heterocycles. The van der Waals surface area contributed by atoms with Gasteiger partial charge in [0.05, 0.1) is 24.9 Å². The van der Waals surface area contributed by atoms with Crippen molar-refractivity contribution in [2.75, 3.05) is 33.1 Å². The lowest BCUT2D eigenvalue weighted by Crippen LogP contribution is -3.09. The first-order valence-corrected chi connectivity index (χ1v) is 19.1. The molecule has 2 bridgehead atoms. The Morgan fingerprint density at radius 2 is 1.71 bits per heavy atom. The molecule has 4 heterocycles. The molecule has 18 nitrogen and oxygen atoms in total. The van der Waals surface area contributed by atoms with Crippen LogP contribution in [0.25, 0.3) is 0 Å². The van der Waals surface area contributed by atoms with Gasteiger partial charge in [-0.05, 0) is 30.9 Å². The van der Waals surface area contributed by atoms with Crippen LogP contribution in [0.15, 0.2) is 69.6 Å². The zero-order valence-corrected chi connectivity index (χ0v) is 31.4. The number of hydrogen-bond acceptors (Lipinski definition) is 15. The summed E-state index contributed by atoms with van der Waals surface area (Å²) in [7, 11) is 0. The van der Waals surface area contributed by atoms with Crippen LogP contribution in [-0.2, 0) is 14.3 Å². The van der Waals surface area contributed by atoms with Gasteiger partial charge in [-0.25, -0.2) is 14.9 Å². The molecule has 1 aliphatic carbocycles. The van der Waals surface area contributed by atoms with E-state index in [-0.39, 0.29) is 90.2 Å². The van der Waals surface area contributed by atoms with Gasteiger partial charge in [-0.2, -0.15) is 4.99 Å². The van der Waals surface area contributed by atoms with E-state index in [1.807, 2.05) is 0 Å². The summed E-state index contributed by atoms with van der Waals surface area (Å²) < 4.78 is 25.1. The van der Waals surface area contributed by atoms with Crippen LogP contribution in [0.1, 0.15) is 68.2 Å². The predicted octanol–water partition coefficient (Wildman–Crippen LogP) is -1.44. The molecule has 9 atom stereocenters. The number of hydrogen-bond donors (Lipinski definition) is 7. The van der Waals surface area contributed by atoms with Crippen LogP contribution in [0, 0.1) is 11.3 Å². The molecule has 4 aliphatic heterocycles. The molecule has 0 radical (unpaired) electrons. The van der Waals surface area contributed by atoms with Crippen molar-refractivity contribution in [3.63, 3.8) is 0 Å². The van der Waals surface area contributed by atoms with Crippen molar-refractivity contribution in [1.29, 1.82) is 5.41 Å². The number of ketones is 2. The fraction of sp³-hybridized carbons (Fsp3) is 0.390. The van der Waals surface area contributed by atoms with Crippen LogP contribution < -0.4 is 19.5 Å². The lowest BCUT2D eigenvalue weighted by molar-refractivity contribution is -0.723. The Balaban J connectivity index is 1.41. The van der Waals surface area contributed by atoms with Crippen molar-refractivity contribution in [1.82, 2.24) is 0 Å². The molecule has 0 spiro atoms. The molecule has 8 rings (SSSR count). The van der Waals surface area contributed by atoms with E-state index in [1.54, 1.807) is 36.4 Å². The van der Waals surface area contributed by atoms with Crippen molar-refractivity contribution in [2.24, 2.45) is 20.9 Å². The van der Waals surface area contributed by atoms with Gasteiger partial charge >= 0.3 is 0 Å². The average Bonchev–Trinajstić information content (AvgIpc) is 3.65. The quantitative estimate of drug-likeness (QED) is 0.0906. The van der Waals surface area contributed by atoms with Crippen LogP contribution in [0.2, 0.25) is 0 Å². The van der Waals surface area contributed by atoms with Gasteiger partial charge in [0, 0.05) is 52.7 Å². The Morgan fingerprint density at radius 3 is 2.47 bits per heavy atom. The summed E-state index contributed by atoms with van der Waals surface area (Å²) in [6.07, 6.45) is -8.83. The molecule has 1 unspecified atom stereocenters. The number of carbonyl (C=O) groups excluding carboxylic acids is 3. The van der Waals surface area contributed by atoms with Crippen molar-refractivity contribution < 1.29 is 68.9 Å². The normalized spacial score (nSPS) is 28.0. The van der Waals surface area contributed by atoms with E-state index >= 15 is 0 Å². The molecule has 18 heteroatoms. The first-order valence-electron chi connectivity index (χ1n) is 19.1. The smallest absolute Gasteiger partial charge is 0.262 e. The summed E-state index contributed by atoms with van der Waals surface area (Å²) >= 11 is 0. The SMILES string of the molecule is N=C1N=C([O-])C2=NC[NH+](c3ccccc3[C@@H]3c4cc5c(c(OC[C@H](O)CC=O)c4O[C@@H]4O[C@@H](COC[C@@H]3CCCO)[C@H](O)[C@@H](O)[C@@H]4O)C(=O)c3ccccc3C5=O)C2=N1. The number of fused-ring (bicyclic) bond motifs is 6. The third-order valence-corrected chi connectivity index (χ3v) is 11.2. The second kappa shape index (κ2) is 16.6. The number of ether oxygens (including phenoxy) is 4. The third kappa shape index (κ3) is 7.27. The molecule has 5 aliphatic rings. The van der Waals surface area contributed by atoms with Crippen molar-refractivity contribution in [3.05, 3.63) is 88.0 Å². The largest absolute Gasteiger partial charge is 0.857 e. The van der Waals surface area contributed by atoms with Gasteiger partial charge in [-0.3, -0.25) is 15.0 Å². The van der Waals surface area contributed by atoms with Crippen LogP contribution in [-0.4, -0.2) is 137 Å². The molecule has 3 aromatic carbocycles. The summed E-state index contributed by atoms with van der Waals surface area (Å²) in [6, 6.07) is 14.8. The van der Waals surface area contributed by atoms with Crippen molar-refractivity contribution in [3.8, 4) is 11.5 Å². The number of carbonyl (C=O) groups is 3. The molecular weight excluding hydrogens is 770 g/mol. The van der Waals surface area contributed by atoms with Gasteiger partial charge in [-0.1, -0.05) is 42.5 Å². The maximum atomic E-state index is 14.5. The first kappa shape index (κ1) is 40.2. The average molecular weight is 812 g/mol. The Kier molecular flexibility index (Phi) is 11.3. The summed E-state index contributed by atoms with van der Waals surface area (Å²) in [5.74, 6) is -4.22. The molecule has 7 N–H and O–H groups in total. The minimum atomic E-state index is -1.86. The van der Waals surface area contributed by atoms with Gasteiger partial charge in [0.15, 0.2) is 35.4 Å². The zero-order valence-electron chi connectivity index (χ0n) is 31.4. The van der Waals surface area contributed by atoms with E-state index in [9.17, 15) is 45.0 Å². The fourth-order valence-electron chi connectivity index (χ4n) is 8.33. The number of guanidine groups is 1. The standard InChI is InChI=1S/C41H41N5O13/c42-41-44-38-30(39(55)45-41)43-18-46(38)26-10-4-3-9-23(26)28-19(6-5-12-47)15-56-17-27-33(52)34(53)35(54)40(58-27)59-36-25(28)14-24-29(37(36)57-16-20(49)11-13-48)32(51)22-8-2-1-7-21(22)31(24)50/h1-4,7-10,13-14,19-20,27-28,33-35,40,47,49,52-54H,5-6,11-12,15-18H2,(H2,42,45,55)/t19-,20+,27-,28+,33-,34+,35-,40-/m0/s1. The Labute approximate surface area is 336 Å². The topological polar surface area (TPSA) is 278 Å². The summed E-state index contributed by atoms with van der Waals surface area (Å²) in [5.41, 5.74) is 1.20. The number of amidine groups is 1. The van der Waals surface area contributed by atoms with E-state index in [0.29, 0.717) is 28.9 Å². The highest BCUT2D eigenvalue weighted by Gasteiger charge is 2.48. The molecule has 0 amide bonds. The second-order valence-electron chi connectivity index (χ2n) is 14.8. The Bertz CT molecular complexity index is 2290. The van der Waals surface area contributed by atoms with E-state index in [0.717, 1.165) is 0 Å². The highest BCUT2D eigenvalue weighted by atomic mass is 16.7. The minimum Gasteiger partial charge on any atom is -0.857 e. The van der Waals surface area contributed by atoms with Crippen LogP contribution in [0.5, 0.6) is 11.5 Å². The number of para-hydroxylation sites is 1. The number of aliphatic hydroxyl groups is 5. The summed E-state index contributed by atoms with van der Waals surface area (Å²) in [4.78, 5) is 53.3. The maximum absolute atomic E-state index is 14.5. The number of rotatable bonds is 10. The van der Waals surface area contributed by atoms with E-state index in [1.165, 1.54) is 18.2 Å². The molecule has 308 valence electrons. The lowest BCUT2D eigenvalue weighted by atomic mass is 9.74. The molecule has 59 heavy (non-hydrogen) atoms. The van der Waals surface area contributed by atoms with Gasteiger partial charge in [0.1, 0.15) is 43.0 Å². The number of nitrogens with zero attached hydrogens (tertiary/aromatic N) is 3. The monoisotopic (exact) mass is 811 g/mol. The Morgan fingerprint density at radius 1 is 0.966 bits per heavy atom. The zero-order chi connectivity index (χ0) is 41.5.